The number of imidazole rings is 1. The monoisotopic (exact) mass is 571 g/mol. The molecule has 0 bridgehead atoms. The summed E-state index contributed by atoms with van der Waals surface area (Å²) in [6, 6.07) is 8.54. The van der Waals surface area contributed by atoms with Gasteiger partial charge in [0.05, 0.1) is 32.9 Å². The van der Waals surface area contributed by atoms with Gasteiger partial charge in [-0.3, -0.25) is 24.5 Å². The molecule has 4 atom stereocenters. The Hall–Kier alpha value is -3.39. The Labute approximate surface area is 233 Å². The summed E-state index contributed by atoms with van der Waals surface area (Å²) in [4.78, 5) is 49.9. The number of amides is 1. The predicted molar refractivity (Wildman–Crippen MR) is 151 cm³/mol. The number of ether oxygens (including phenoxy) is 3. The lowest BCUT2D eigenvalue weighted by atomic mass is 10.1. The number of carbonyl (C=O) groups is 2. The minimum atomic E-state index is -2.06. The van der Waals surface area contributed by atoms with E-state index in [0.29, 0.717) is 5.56 Å². The molecule has 12 nitrogen and oxygen atoms in total. The number of hydrogen-bond donors (Lipinski definition) is 3. The minimum absolute atomic E-state index is 0.0319. The van der Waals surface area contributed by atoms with E-state index < -0.39 is 56.2 Å². The maximum absolute atomic E-state index is 13.2. The summed E-state index contributed by atoms with van der Waals surface area (Å²) in [5.74, 6) is -1.27. The second-order valence-electron chi connectivity index (χ2n) is 11.5. The number of benzene rings is 1. The number of hydrogen-bond acceptors (Lipinski definition) is 9. The highest BCUT2D eigenvalue weighted by atomic mass is 28.3. The molecule has 0 spiro atoms. The molecule has 2 aromatic heterocycles. The Morgan fingerprint density at radius 3 is 2.50 bits per heavy atom. The van der Waals surface area contributed by atoms with Crippen LogP contribution in [0.25, 0.3) is 11.2 Å². The number of esters is 1. The van der Waals surface area contributed by atoms with Crippen molar-refractivity contribution in [2.24, 2.45) is 5.92 Å². The van der Waals surface area contributed by atoms with E-state index in [4.69, 9.17) is 14.2 Å². The maximum Gasteiger partial charge on any atom is 0.338 e. The number of aliphatic hydroxyl groups excluding tert-OH is 1. The summed E-state index contributed by atoms with van der Waals surface area (Å²) in [6.07, 6.45) is -1.37. The summed E-state index contributed by atoms with van der Waals surface area (Å²) in [5.41, 5.74) is -0.694. The molecule has 3 aromatic rings. The lowest BCUT2D eigenvalue weighted by Gasteiger charge is -2.41. The average Bonchev–Trinajstić information content (AvgIpc) is 3.44. The van der Waals surface area contributed by atoms with Crippen molar-refractivity contribution in [1.29, 1.82) is 0 Å². The summed E-state index contributed by atoms with van der Waals surface area (Å²) in [6.45, 7) is 12.7. The van der Waals surface area contributed by atoms with Gasteiger partial charge in [0.1, 0.15) is 12.2 Å². The molecule has 3 N–H and O–H groups in total. The van der Waals surface area contributed by atoms with Crippen molar-refractivity contribution >= 4 is 37.8 Å². The predicted octanol–water partition coefficient (Wildman–Crippen LogP) is 2.19. The van der Waals surface area contributed by atoms with Gasteiger partial charge in [-0.25, -0.2) is 9.78 Å². The topological polar surface area (TPSA) is 158 Å². The van der Waals surface area contributed by atoms with Gasteiger partial charge in [0.15, 0.2) is 22.6 Å². The number of nitrogens with zero attached hydrogens (tertiary/aromatic N) is 3. The van der Waals surface area contributed by atoms with E-state index in [9.17, 15) is 19.5 Å². The van der Waals surface area contributed by atoms with E-state index in [1.165, 1.54) is 6.33 Å². The molecular weight excluding hydrogens is 534 g/mol. The van der Waals surface area contributed by atoms with Crippen LogP contribution in [0.4, 0.5) is 5.95 Å². The second-order valence-corrected chi connectivity index (χ2v) is 14.6. The van der Waals surface area contributed by atoms with E-state index in [1.54, 1.807) is 48.7 Å². The van der Waals surface area contributed by atoms with Crippen LogP contribution < -0.4 is 10.9 Å². The van der Waals surface area contributed by atoms with E-state index in [0.717, 1.165) is 0 Å². The first-order valence-corrected chi connectivity index (χ1v) is 16.2. The van der Waals surface area contributed by atoms with Gasteiger partial charge in [0, 0.05) is 5.92 Å². The first-order valence-electron chi connectivity index (χ1n) is 13.3. The Morgan fingerprint density at radius 1 is 1.25 bits per heavy atom. The second kappa shape index (κ2) is 11.2. The fourth-order valence-electron chi connectivity index (χ4n) is 4.81. The van der Waals surface area contributed by atoms with Crippen LogP contribution in [0.1, 0.15) is 45.0 Å². The normalized spacial score (nSPS) is 23.2. The van der Waals surface area contributed by atoms with Crippen molar-refractivity contribution in [3.05, 3.63) is 52.6 Å². The largest absolute Gasteiger partial charge is 0.453 e. The van der Waals surface area contributed by atoms with E-state index >= 15 is 0 Å². The van der Waals surface area contributed by atoms with Crippen LogP contribution in [-0.2, 0) is 24.4 Å². The number of anilines is 1. The molecule has 4 rings (SSSR count). The third kappa shape index (κ3) is 5.59. The number of carbonyl (C=O) groups excluding carboxylic acids is 2. The number of rotatable bonds is 8. The first kappa shape index (κ1) is 29.6. The van der Waals surface area contributed by atoms with E-state index in [2.05, 4.69) is 20.3 Å². The maximum atomic E-state index is 13.2. The standard InChI is InChI=1S/C27H37N5O7Si/c1-15(2)22(34)30-25-29-21-18(23(35)31-25)28-14-32(21)27(40(6)7)20(39-26(3,4)5)19(17(13-33)38-27)37-24(36)16-11-9-8-10-12-16/h8-12,14-15,17,19-20,33,40H,13H2,1-7H3,(H2,29,30,31,34,35)/t17-,19-,20-,27+/m1/s1. The van der Waals surface area contributed by atoms with Gasteiger partial charge in [0.25, 0.3) is 5.56 Å². The first-order chi connectivity index (χ1) is 18.8. The van der Waals surface area contributed by atoms with E-state index in [1.807, 2.05) is 33.9 Å². The van der Waals surface area contributed by atoms with Gasteiger partial charge in [0.2, 0.25) is 11.9 Å². The smallest absolute Gasteiger partial charge is 0.338 e. The lowest BCUT2D eigenvalue weighted by Crippen LogP contribution is -2.57. The number of aromatic nitrogens is 4. The van der Waals surface area contributed by atoms with Crippen LogP contribution in [0.2, 0.25) is 13.1 Å². The van der Waals surface area contributed by atoms with Gasteiger partial charge in [-0.1, -0.05) is 45.1 Å². The van der Waals surface area contributed by atoms with Crippen LogP contribution in [0, 0.1) is 5.92 Å². The van der Waals surface area contributed by atoms with Crippen LogP contribution in [-0.4, -0.2) is 75.8 Å². The third-order valence-corrected chi connectivity index (χ3v) is 9.10. The lowest BCUT2D eigenvalue weighted by molar-refractivity contribution is -0.152. The Kier molecular flexibility index (Phi) is 8.31. The molecule has 1 fully saturated rings. The zero-order valence-electron chi connectivity index (χ0n) is 23.8. The molecule has 0 unspecified atom stereocenters. The number of aromatic amines is 1. The summed E-state index contributed by atoms with van der Waals surface area (Å²) >= 11 is 0. The van der Waals surface area contributed by atoms with Gasteiger partial charge in [-0.05, 0) is 32.9 Å². The molecule has 1 aliphatic rings. The van der Waals surface area contributed by atoms with Gasteiger partial charge >= 0.3 is 5.97 Å². The summed E-state index contributed by atoms with van der Waals surface area (Å²) in [5, 5.41) is 11.7. The number of H-pyrrole nitrogens is 1. The van der Waals surface area contributed by atoms with Gasteiger partial charge in [-0.15, -0.1) is 0 Å². The molecule has 1 aromatic carbocycles. The van der Waals surface area contributed by atoms with Gasteiger partial charge < -0.3 is 19.3 Å². The summed E-state index contributed by atoms with van der Waals surface area (Å²) < 4.78 is 20.8. The number of fused-ring (bicyclic) bond motifs is 1. The molecule has 1 aliphatic heterocycles. The van der Waals surface area contributed by atoms with Crippen molar-refractivity contribution < 1.29 is 28.9 Å². The molecule has 1 amide bonds. The minimum Gasteiger partial charge on any atom is -0.453 e. The molecule has 0 aliphatic carbocycles. The fourth-order valence-corrected chi connectivity index (χ4v) is 6.91. The molecular formula is C27H37N5O7Si. The molecule has 216 valence electrons. The number of aliphatic hydroxyl groups is 1. The van der Waals surface area contributed by atoms with E-state index in [-0.39, 0.29) is 28.9 Å². The van der Waals surface area contributed by atoms with Crippen LogP contribution in [0.3, 0.4) is 0 Å². The highest BCUT2D eigenvalue weighted by Gasteiger charge is 2.62. The summed E-state index contributed by atoms with van der Waals surface area (Å²) in [7, 11) is -2.06. The molecule has 13 heteroatoms. The van der Waals surface area contributed by atoms with Crippen molar-refractivity contribution in [1.82, 2.24) is 19.5 Å². The molecule has 0 radical (unpaired) electrons. The third-order valence-electron chi connectivity index (χ3n) is 6.70. The SMILES string of the molecule is CC(C)C(=O)Nc1nc2c(ncn2[C@]2([SiH](C)C)O[C@H](CO)[C@@H](OC(=O)c3ccccc3)[C@H]2OC(C)(C)C)c(=O)[nH]1. The fraction of sp³-hybridized carbons (Fsp3) is 0.519. The van der Waals surface area contributed by atoms with Crippen LogP contribution in [0.15, 0.2) is 41.5 Å². The highest BCUT2D eigenvalue weighted by Crippen LogP contribution is 2.44. The zero-order chi connectivity index (χ0) is 29.4. The van der Waals surface area contributed by atoms with Crippen molar-refractivity contribution in [3.8, 4) is 0 Å². The van der Waals surface area contributed by atoms with Crippen molar-refractivity contribution in [3.63, 3.8) is 0 Å². The van der Waals surface area contributed by atoms with Crippen LogP contribution >= 0.6 is 0 Å². The average molecular weight is 572 g/mol. The molecule has 0 saturated carbocycles. The van der Waals surface area contributed by atoms with Gasteiger partial charge in [-0.2, -0.15) is 4.98 Å². The highest BCUT2D eigenvalue weighted by molar-refractivity contribution is 6.58. The van der Waals surface area contributed by atoms with Crippen molar-refractivity contribution in [2.75, 3.05) is 11.9 Å². The molecule has 40 heavy (non-hydrogen) atoms. The number of nitrogens with one attached hydrogen (secondary N) is 2. The molecule has 3 heterocycles. The van der Waals surface area contributed by atoms with Crippen molar-refractivity contribution in [2.45, 2.75) is 77.0 Å². The Bertz CT molecular complexity index is 1430. The Balaban J connectivity index is 1.88. The Morgan fingerprint density at radius 2 is 1.93 bits per heavy atom. The zero-order valence-corrected chi connectivity index (χ0v) is 25.0. The quantitative estimate of drug-likeness (QED) is 0.272. The molecule has 1 saturated heterocycles. The van der Waals surface area contributed by atoms with Crippen LogP contribution in [0.5, 0.6) is 0 Å².